The van der Waals surface area contributed by atoms with Gasteiger partial charge in [0.15, 0.2) is 0 Å². The number of nitrogen functional groups attached to an aromatic ring is 1. The van der Waals surface area contributed by atoms with Crippen molar-refractivity contribution in [3.8, 4) is 11.8 Å². The number of para-hydroxylation sites is 1. The first-order chi connectivity index (χ1) is 5.79. The molecule has 0 aliphatic rings. The third-order valence-corrected chi connectivity index (χ3v) is 1.49. The molecule has 0 bridgehead atoms. The molecule has 1 rings (SSSR count). The molecule has 12 heavy (non-hydrogen) atoms. The highest BCUT2D eigenvalue weighted by Crippen LogP contribution is 2.24. The SMILES string of the molecule is CCOc1cccc(C#N)c1N. The van der Waals surface area contributed by atoms with Gasteiger partial charge in [-0.3, -0.25) is 0 Å². The first-order valence-corrected chi connectivity index (χ1v) is 3.71. The van der Waals surface area contributed by atoms with E-state index in [0.717, 1.165) is 0 Å². The van der Waals surface area contributed by atoms with E-state index in [0.29, 0.717) is 23.6 Å². The van der Waals surface area contributed by atoms with E-state index in [1.165, 1.54) is 0 Å². The smallest absolute Gasteiger partial charge is 0.143 e. The number of nitrogens with two attached hydrogens (primary N) is 1. The van der Waals surface area contributed by atoms with Gasteiger partial charge in [-0.1, -0.05) is 6.07 Å². The van der Waals surface area contributed by atoms with Crippen LogP contribution in [0, 0.1) is 11.3 Å². The number of rotatable bonds is 2. The minimum atomic E-state index is 0.418. The number of nitrogens with zero attached hydrogens (tertiary/aromatic N) is 1. The zero-order valence-corrected chi connectivity index (χ0v) is 6.87. The highest BCUT2D eigenvalue weighted by Gasteiger charge is 2.03. The van der Waals surface area contributed by atoms with Crippen LogP contribution < -0.4 is 10.5 Å². The summed E-state index contributed by atoms with van der Waals surface area (Å²) in [5.74, 6) is 0.580. The van der Waals surface area contributed by atoms with Crippen molar-refractivity contribution in [3.63, 3.8) is 0 Å². The van der Waals surface area contributed by atoms with Crippen LogP contribution in [0.5, 0.6) is 5.75 Å². The summed E-state index contributed by atoms with van der Waals surface area (Å²) in [6.45, 7) is 2.43. The van der Waals surface area contributed by atoms with Gasteiger partial charge in [-0.15, -0.1) is 0 Å². The van der Waals surface area contributed by atoms with Gasteiger partial charge < -0.3 is 10.5 Å². The Morgan fingerprint density at radius 3 is 2.92 bits per heavy atom. The zero-order valence-electron chi connectivity index (χ0n) is 6.87. The quantitative estimate of drug-likeness (QED) is 0.671. The molecular weight excluding hydrogens is 152 g/mol. The fraction of sp³-hybridized carbons (Fsp3) is 0.222. The molecule has 0 spiro atoms. The number of nitriles is 1. The molecule has 0 saturated heterocycles. The van der Waals surface area contributed by atoms with Crippen molar-refractivity contribution in [2.75, 3.05) is 12.3 Å². The maximum Gasteiger partial charge on any atom is 0.143 e. The van der Waals surface area contributed by atoms with Crippen LogP contribution >= 0.6 is 0 Å². The van der Waals surface area contributed by atoms with Crippen molar-refractivity contribution in [2.45, 2.75) is 6.92 Å². The van der Waals surface area contributed by atoms with Gasteiger partial charge in [0.05, 0.1) is 17.9 Å². The maximum atomic E-state index is 8.63. The molecule has 1 aromatic rings. The second-order valence-electron chi connectivity index (χ2n) is 2.26. The van der Waals surface area contributed by atoms with Crippen molar-refractivity contribution >= 4 is 5.69 Å². The lowest BCUT2D eigenvalue weighted by atomic mass is 10.2. The molecule has 62 valence electrons. The van der Waals surface area contributed by atoms with E-state index in [1.807, 2.05) is 13.0 Å². The highest BCUT2D eigenvalue weighted by molar-refractivity contribution is 5.62. The third kappa shape index (κ3) is 1.48. The van der Waals surface area contributed by atoms with E-state index in [1.54, 1.807) is 18.2 Å². The molecule has 0 amide bonds. The Hall–Kier alpha value is -1.69. The van der Waals surface area contributed by atoms with E-state index >= 15 is 0 Å². The predicted molar refractivity (Wildman–Crippen MR) is 46.7 cm³/mol. The molecule has 0 unspecified atom stereocenters. The Bertz CT molecular complexity index is 315. The fourth-order valence-electron chi connectivity index (χ4n) is 0.923. The van der Waals surface area contributed by atoms with Gasteiger partial charge in [-0.05, 0) is 19.1 Å². The minimum absolute atomic E-state index is 0.418. The van der Waals surface area contributed by atoms with Gasteiger partial charge in [0, 0.05) is 0 Å². The van der Waals surface area contributed by atoms with Crippen LogP contribution in [0.25, 0.3) is 0 Å². The van der Waals surface area contributed by atoms with Gasteiger partial charge in [0.2, 0.25) is 0 Å². The van der Waals surface area contributed by atoms with Crippen LogP contribution in [-0.2, 0) is 0 Å². The first-order valence-electron chi connectivity index (χ1n) is 3.71. The monoisotopic (exact) mass is 162 g/mol. The fourth-order valence-corrected chi connectivity index (χ4v) is 0.923. The first kappa shape index (κ1) is 8.41. The number of benzene rings is 1. The van der Waals surface area contributed by atoms with Crippen LogP contribution in [0.1, 0.15) is 12.5 Å². The molecule has 0 fully saturated rings. The molecule has 1 aromatic carbocycles. The Labute approximate surface area is 71.4 Å². The maximum absolute atomic E-state index is 8.63. The average molecular weight is 162 g/mol. The summed E-state index contributed by atoms with van der Waals surface area (Å²) in [6.07, 6.45) is 0. The lowest BCUT2D eigenvalue weighted by Crippen LogP contribution is -1.98. The number of hydrogen-bond acceptors (Lipinski definition) is 3. The topological polar surface area (TPSA) is 59.0 Å². The van der Waals surface area contributed by atoms with E-state index in [-0.39, 0.29) is 0 Å². The van der Waals surface area contributed by atoms with Gasteiger partial charge in [0.25, 0.3) is 0 Å². The standard InChI is InChI=1S/C9H10N2O/c1-2-12-8-5-3-4-7(6-10)9(8)11/h3-5H,2,11H2,1H3. The number of ether oxygens (including phenoxy) is 1. The predicted octanol–water partition coefficient (Wildman–Crippen LogP) is 1.54. The second kappa shape index (κ2) is 3.63. The lowest BCUT2D eigenvalue weighted by molar-refractivity contribution is 0.342. The van der Waals surface area contributed by atoms with Crippen molar-refractivity contribution in [1.29, 1.82) is 5.26 Å². The van der Waals surface area contributed by atoms with E-state index < -0.39 is 0 Å². The second-order valence-corrected chi connectivity index (χ2v) is 2.26. The molecule has 3 nitrogen and oxygen atoms in total. The Kier molecular flexibility index (Phi) is 2.54. The molecule has 3 heteroatoms. The Morgan fingerprint density at radius 2 is 2.33 bits per heavy atom. The summed E-state index contributed by atoms with van der Waals surface area (Å²) in [6, 6.07) is 7.15. The zero-order chi connectivity index (χ0) is 8.97. The van der Waals surface area contributed by atoms with Gasteiger partial charge in [-0.25, -0.2) is 0 Å². The number of hydrogen-bond donors (Lipinski definition) is 1. The summed E-state index contributed by atoms with van der Waals surface area (Å²) in [7, 11) is 0. The normalized spacial score (nSPS) is 9.00. The van der Waals surface area contributed by atoms with Gasteiger partial charge >= 0.3 is 0 Å². The molecule has 0 heterocycles. The van der Waals surface area contributed by atoms with E-state index in [2.05, 4.69) is 0 Å². The average Bonchev–Trinajstić information content (AvgIpc) is 2.09. The molecule has 0 aliphatic heterocycles. The summed E-state index contributed by atoms with van der Waals surface area (Å²) in [4.78, 5) is 0. The van der Waals surface area contributed by atoms with Crippen molar-refractivity contribution in [3.05, 3.63) is 23.8 Å². The van der Waals surface area contributed by atoms with Crippen LogP contribution in [0.15, 0.2) is 18.2 Å². The van der Waals surface area contributed by atoms with Crippen LogP contribution in [-0.4, -0.2) is 6.61 Å². The molecular formula is C9H10N2O. The minimum Gasteiger partial charge on any atom is -0.492 e. The van der Waals surface area contributed by atoms with E-state index in [4.69, 9.17) is 15.7 Å². The molecule has 2 N–H and O–H groups in total. The van der Waals surface area contributed by atoms with Crippen molar-refractivity contribution in [2.24, 2.45) is 0 Å². The lowest BCUT2D eigenvalue weighted by Gasteiger charge is -2.06. The van der Waals surface area contributed by atoms with Crippen LogP contribution in [0.3, 0.4) is 0 Å². The van der Waals surface area contributed by atoms with Crippen LogP contribution in [0.2, 0.25) is 0 Å². The third-order valence-electron chi connectivity index (χ3n) is 1.49. The van der Waals surface area contributed by atoms with Crippen molar-refractivity contribution in [1.82, 2.24) is 0 Å². The summed E-state index contributed by atoms with van der Waals surface area (Å²) >= 11 is 0. The molecule has 0 atom stereocenters. The summed E-state index contributed by atoms with van der Waals surface area (Å²) in [5, 5.41) is 8.63. The van der Waals surface area contributed by atoms with Gasteiger partial charge in [0.1, 0.15) is 11.8 Å². The molecule has 0 aromatic heterocycles. The van der Waals surface area contributed by atoms with Crippen molar-refractivity contribution < 1.29 is 4.74 Å². The largest absolute Gasteiger partial charge is 0.492 e. The highest BCUT2D eigenvalue weighted by atomic mass is 16.5. The molecule has 0 aliphatic carbocycles. The Morgan fingerprint density at radius 1 is 1.58 bits per heavy atom. The molecule has 0 saturated carbocycles. The Balaban J connectivity index is 3.07. The summed E-state index contributed by atoms with van der Waals surface area (Å²) in [5.41, 5.74) is 6.51. The van der Waals surface area contributed by atoms with E-state index in [9.17, 15) is 0 Å². The van der Waals surface area contributed by atoms with Crippen LogP contribution in [0.4, 0.5) is 5.69 Å². The van der Waals surface area contributed by atoms with Gasteiger partial charge in [-0.2, -0.15) is 5.26 Å². The number of anilines is 1. The molecule has 0 radical (unpaired) electrons. The summed E-state index contributed by atoms with van der Waals surface area (Å²) < 4.78 is 5.20.